The lowest BCUT2D eigenvalue weighted by Gasteiger charge is -2.34. The summed E-state index contributed by atoms with van der Waals surface area (Å²) in [4.78, 5) is 24.2. The van der Waals surface area contributed by atoms with Crippen LogP contribution in [0.5, 0.6) is 0 Å². The van der Waals surface area contributed by atoms with E-state index in [-0.39, 0.29) is 40.7 Å². The van der Waals surface area contributed by atoms with E-state index >= 15 is 0 Å². The van der Waals surface area contributed by atoms with E-state index in [9.17, 15) is 18.0 Å². The molecule has 10 heteroatoms. The van der Waals surface area contributed by atoms with Gasteiger partial charge in [-0.15, -0.1) is 0 Å². The van der Waals surface area contributed by atoms with Crippen molar-refractivity contribution in [2.24, 2.45) is 0 Å². The van der Waals surface area contributed by atoms with E-state index in [2.05, 4.69) is 0 Å². The van der Waals surface area contributed by atoms with E-state index < -0.39 is 22.0 Å². The molecular formula is C14H14Cl2N2O5S. The standard InChI is InChI=1S/C14H14Cl2N2O5S/c15-10-2-1-3-11(16)13(10)24(21,22)17-6-4-9(5-7-17)18-12(19)8-23-14(18)20/h1-3,9H,4-8H2. The fourth-order valence-corrected chi connectivity index (χ4v) is 5.48. The third kappa shape index (κ3) is 2.99. The number of amides is 2. The highest BCUT2D eigenvalue weighted by Crippen LogP contribution is 2.33. The van der Waals surface area contributed by atoms with Crippen LogP contribution >= 0.6 is 23.2 Å². The molecule has 2 amide bonds. The van der Waals surface area contributed by atoms with Gasteiger partial charge < -0.3 is 4.74 Å². The monoisotopic (exact) mass is 392 g/mol. The van der Waals surface area contributed by atoms with E-state index in [0.29, 0.717) is 12.8 Å². The van der Waals surface area contributed by atoms with Gasteiger partial charge in [0.2, 0.25) is 10.0 Å². The largest absolute Gasteiger partial charge is 0.439 e. The zero-order chi connectivity index (χ0) is 17.5. The number of rotatable bonds is 3. The van der Waals surface area contributed by atoms with Crippen LogP contribution in [0.25, 0.3) is 0 Å². The number of cyclic esters (lactones) is 1. The van der Waals surface area contributed by atoms with Crippen LogP contribution in [0.1, 0.15) is 12.8 Å². The molecule has 1 aromatic rings. The first-order chi connectivity index (χ1) is 11.3. The second-order valence-electron chi connectivity index (χ2n) is 5.50. The number of nitrogens with zero attached hydrogens (tertiary/aromatic N) is 2. The van der Waals surface area contributed by atoms with Gasteiger partial charge in [0.05, 0.1) is 10.0 Å². The normalized spacial score (nSPS) is 20.5. The molecule has 0 radical (unpaired) electrons. The summed E-state index contributed by atoms with van der Waals surface area (Å²) in [6, 6.07) is 4.14. The molecule has 2 aliphatic heterocycles. The Morgan fingerprint density at radius 3 is 2.17 bits per heavy atom. The number of carbonyl (C=O) groups is 2. The fraction of sp³-hybridized carbons (Fsp3) is 0.429. The van der Waals surface area contributed by atoms with Crippen molar-refractivity contribution in [3.63, 3.8) is 0 Å². The van der Waals surface area contributed by atoms with Crippen LogP contribution < -0.4 is 0 Å². The molecule has 0 spiro atoms. The quantitative estimate of drug-likeness (QED) is 0.786. The maximum absolute atomic E-state index is 12.8. The molecule has 2 aliphatic rings. The molecule has 0 aliphatic carbocycles. The molecule has 1 aromatic carbocycles. The number of hydrogen-bond donors (Lipinski definition) is 0. The van der Waals surface area contributed by atoms with Gasteiger partial charge in [-0.05, 0) is 25.0 Å². The predicted octanol–water partition coefficient (Wildman–Crippen LogP) is 2.13. The van der Waals surface area contributed by atoms with Crippen molar-refractivity contribution in [2.45, 2.75) is 23.8 Å². The van der Waals surface area contributed by atoms with Gasteiger partial charge in [0.25, 0.3) is 5.91 Å². The lowest BCUT2D eigenvalue weighted by molar-refractivity contribution is -0.127. The Bertz CT molecular complexity index is 754. The Balaban J connectivity index is 1.77. The van der Waals surface area contributed by atoms with Crippen molar-refractivity contribution in [3.05, 3.63) is 28.2 Å². The number of carbonyl (C=O) groups excluding carboxylic acids is 2. The lowest BCUT2D eigenvalue weighted by Crippen LogP contribution is -2.48. The van der Waals surface area contributed by atoms with Crippen LogP contribution in [-0.2, 0) is 19.6 Å². The molecule has 2 heterocycles. The first kappa shape index (κ1) is 17.5. The average molecular weight is 393 g/mol. The van der Waals surface area contributed by atoms with Crippen molar-refractivity contribution in [1.82, 2.24) is 9.21 Å². The minimum Gasteiger partial charge on any atom is -0.439 e. The maximum Gasteiger partial charge on any atom is 0.417 e. The summed E-state index contributed by atoms with van der Waals surface area (Å²) in [6.45, 7) is 0.0593. The topological polar surface area (TPSA) is 84.0 Å². The number of benzene rings is 1. The molecule has 0 saturated carbocycles. The van der Waals surface area contributed by atoms with Crippen LogP contribution in [-0.4, -0.2) is 55.4 Å². The minimum absolute atomic E-state index is 0.0583. The zero-order valence-corrected chi connectivity index (χ0v) is 14.8. The molecule has 0 atom stereocenters. The maximum atomic E-state index is 12.8. The highest BCUT2D eigenvalue weighted by atomic mass is 35.5. The summed E-state index contributed by atoms with van der Waals surface area (Å²) >= 11 is 12.0. The summed E-state index contributed by atoms with van der Waals surface area (Å²) in [6.07, 6.45) is 0.0000414. The van der Waals surface area contributed by atoms with Gasteiger partial charge in [-0.25, -0.2) is 18.1 Å². The van der Waals surface area contributed by atoms with E-state index in [0.717, 1.165) is 4.90 Å². The average Bonchev–Trinajstić information content (AvgIpc) is 2.86. The second kappa shape index (κ2) is 6.51. The van der Waals surface area contributed by atoms with Gasteiger partial charge >= 0.3 is 6.09 Å². The Labute approximate surface area is 149 Å². The van der Waals surface area contributed by atoms with Crippen molar-refractivity contribution >= 4 is 45.2 Å². The van der Waals surface area contributed by atoms with Crippen LogP contribution in [0, 0.1) is 0 Å². The van der Waals surface area contributed by atoms with Gasteiger partial charge in [0.15, 0.2) is 6.61 Å². The van der Waals surface area contributed by atoms with Crippen molar-refractivity contribution < 1.29 is 22.7 Å². The zero-order valence-electron chi connectivity index (χ0n) is 12.4. The lowest BCUT2D eigenvalue weighted by atomic mass is 10.1. The summed E-state index contributed by atoms with van der Waals surface area (Å²) in [7, 11) is -3.85. The Morgan fingerprint density at radius 2 is 1.67 bits per heavy atom. The number of sulfonamides is 1. The molecule has 130 valence electrons. The molecule has 24 heavy (non-hydrogen) atoms. The molecule has 0 bridgehead atoms. The van der Waals surface area contributed by atoms with Gasteiger partial charge in [0, 0.05) is 19.1 Å². The second-order valence-corrected chi connectivity index (χ2v) is 8.19. The molecule has 0 unspecified atom stereocenters. The summed E-state index contributed by atoms with van der Waals surface area (Å²) in [5.41, 5.74) is 0. The Morgan fingerprint density at radius 1 is 1.08 bits per heavy atom. The van der Waals surface area contributed by atoms with E-state index in [1.54, 1.807) is 6.07 Å². The number of halogens is 2. The van der Waals surface area contributed by atoms with E-state index in [1.165, 1.54) is 16.4 Å². The first-order valence-corrected chi connectivity index (χ1v) is 9.45. The molecule has 3 rings (SSSR count). The molecule has 7 nitrogen and oxygen atoms in total. The summed E-state index contributed by atoms with van der Waals surface area (Å²) in [5.74, 6) is -0.393. The number of imide groups is 1. The van der Waals surface area contributed by atoms with Gasteiger partial charge in [0.1, 0.15) is 4.90 Å². The van der Waals surface area contributed by atoms with Crippen molar-refractivity contribution in [2.75, 3.05) is 19.7 Å². The number of piperidine rings is 1. The highest BCUT2D eigenvalue weighted by molar-refractivity contribution is 7.89. The smallest absolute Gasteiger partial charge is 0.417 e. The first-order valence-electron chi connectivity index (χ1n) is 7.25. The molecule has 0 N–H and O–H groups in total. The van der Waals surface area contributed by atoms with Crippen LogP contribution in [0.4, 0.5) is 4.79 Å². The minimum atomic E-state index is -3.85. The molecule has 0 aromatic heterocycles. The van der Waals surface area contributed by atoms with Gasteiger partial charge in [-0.2, -0.15) is 4.31 Å². The van der Waals surface area contributed by atoms with E-state index in [4.69, 9.17) is 27.9 Å². The van der Waals surface area contributed by atoms with Crippen LogP contribution in [0.3, 0.4) is 0 Å². The Kier molecular flexibility index (Phi) is 4.74. The van der Waals surface area contributed by atoms with Crippen molar-refractivity contribution in [3.8, 4) is 0 Å². The molecular weight excluding hydrogens is 379 g/mol. The van der Waals surface area contributed by atoms with Crippen molar-refractivity contribution in [1.29, 1.82) is 0 Å². The highest BCUT2D eigenvalue weighted by Gasteiger charge is 2.40. The SMILES string of the molecule is O=C1COC(=O)N1C1CCN(S(=O)(=O)c2c(Cl)cccc2Cl)CC1. The predicted molar refractivity (Wildman–Crippen MR) is 86.4 cm³/mol. The number of ether oxygens (including phenoxy) is 1. The molecule has 2 fully saturated rings. The molecule has 2 saturated heterocycles. The third-order valence-electron chi connectivity index (χ3n) is 4.09. The summed E-state index contributed by atoms with van der Waals surface area (Å²) in [5, 5.41) is 0.117. The fourth-order valence-electron chi connectivity index (χ4n) is 2.92. The van der Waals surface area contributed by atoms with Gasteiger partial charge in [-0.1, -0.05) is 29.3 Å². The summed E-state index contributed by atoms with van der Waals surface area (Å²) < 4.78 is 31.5. The van der Waals surface area contributed by atoms with Crippen LogP contribution in [0.2, 0.25) is 10.0 Å². The van der Waals surface area contributed by atoms with Gasteiger partial charge in [-0.3, -0.25) is 4.79 Å². The van der Waals surface area contributed by atoms with Crippen LogP contribution in [0.15, 0.2) is 23.1 Å². The third-order valence-corrected chi connectivity index (χ3v) is 6.94. The Hall–Kier alpha value is -1.35. The van der Waals surface area contributed by atoms with E-state index in [1.807, 2.05) is 0 Å². The number of hydrogen-bond acceptors (Lipinski definition) is 5.